The molecule has 0 bridgehead atoms. The molecule has 1 aromatic carbocycles. The van der Waals surface area contributed by atoms with Crippen LogP contribution in [0.1, 0.15) is 38.2 Å². The summed E-state index contributed by atoms with van der Waals surface area (Å²) in [5.74, 6) is 0.547. The zero-order valence-electron chi connectivity index (χ0n) is 19.3. The summed E-state index contributed by atoms with van der Waals surface area (Å²) in [6, 6.07) is 7.08. The van der Waals surface area contributed by atoms with Gasteiger partial charge in [-0.3, -0.25) is 9.69 Å². The quantitative estimate of drug-likeness (QED) is 0.489. The molecule has 1 unspecified atom stereocenters. The minimum absolute atomic E-state index is 0.0230. The van der Waals surface area contributed by atoms with Crippen LogP contribution < -0.4 is 27.4 Å². The normalized spacial score (nSPS) is 15.5. The molecular formula is C22H27ClN10O. The van der Waals surface area contributed by atoms with Gasteiger partial charge in [-0.1, -0.05) is 17.7 Å². The summed E-state index contributed by atoms with van der Waals surface area (Å²) in [6.07, 6.45) is 0. The number of halogens is 1. The van der Waals surface area contributed by atoms with E-state index < -0.39 is 6.04 Å². The van der Waals surface area contributed by atoms with Crippen LogP contribution in [0.5, 0.6) is 0 Å². The summed E-state index contributed by atoms with van der Waals surface area (Å²) in [7, 11) is 0. The standard InChI is InChI=1S/C22H27ClN10O/c1-12(2)31-7-9-32(10-8-31)33-20(28-16-6-4-5-15(23)17(16)21(33)34)13(3)27-19-14(11-24)18(25)29-22(26)30-19/h4-6,12-13H,7-10H2,1-3H3,(H5,25,26,27,29,30). The Morgan fingerprint density at radius 1 is 1.12 bits per heavy atom. The van der Waals surface area contributed by atoms with Gasteiger partial charge < -0.3 is 21.8 Å². The molecule has 11 nitrogen and oxygen atoms in total. The first-order valence-electron chi connectivity index (χ1n) is 11.0. The van der Waals surface area contributed by atoms with Crippen molar-refractivity contribution < 1.29 is 0 Å². The molecule has 0 spiro atoms. The molecule has 3 aromatic rings. The van der Waals surface area contributed by atoms with Gasteiger partial charge in [-0.2, -0.15) is 15.2 Å². The van der Waals surface area contributed by atoms with Crippen molar-refractivity contribution in [2.75, 3.05) is 48.0 Å². The molecule has 1 fully saturated rings. The SMILES string of the molecule is CC(Nc1nc(N)nc(N)c1C#N)c1nc2cccc(Cl)c2c(=O)n1N1CCN(C(C)C)CC1. The molecule has 5 N–H and O–H groups in total. The number of nitrogens with two attached hydrogens (primary N) is 2. The zero-order chi connectivity index (χ0) is 24.6. The van der Waals surface area contributed by atoms with E-state index in [-0.39, 0.29) is 28.7 Å². The van der Waals surface area contributed by atoms with E-state index in [1.54, 1.807) is 22.9 Å². The molecule has 1 aliphatic rings. The summed E-state index contributed by atoms with van der Waals surface area (Å²) in [5, 5.41) is 15.4. The second-order valence-electron chi connectivity index (χ2n) is 8.47. The highest BCUT2D eigenvalue weighted by molar-refractivity contribution is 6.35. The maximum atomic E-state index is 13.7. The van der Waals surface area contributed by atoms with Crippen LogP contribution in [0.15, 0.2) is 23.0 Å². The van der Waals surface area contributed by atoms with E-state index in [2.05, 4.69) is 34.0 Å². The molecule has 1 aliphatic heterocycles. The molecule has 178 valence electrons. The molecule has 0 amide bonds. The minimum atomic E-state index is -0.528. The molecule has 0 saturated carbocycles. The van der Waals surface area contributed by atoms with E-state index in [0.717, 1.165) is 13.1 Å². The van der Waals surface area contributed by atoms with Gasteiger partial charge in [0.2, 0.25) is 5.95 Å². The molecule has 1 atom stereocenters. The lowest BCUT2D eigenvalue weighted by Crippen LogP contribution is -2.56. The molecule has 2 aromatic heterocycles. The third-order valence-corrected chi connectivity index (χ3v) is 6.28. The number of benzene rings is 1. The third-order valence-electron chi connectivity index (χ3n) is 5.96. The smallest absolute Gasteiger partial charge is 0.281 e. The summed E-state index contributed by atoms with van der Waals surface area (Å²) in [6.45, 7) is 9.05. The van der Waals surface area contributed by atoms with Crippen molar-refractivity contribution in [1.82, 2.24) is 24.5 Å². The number of nitrogen functional groups attached to an aromatic ring is 2. The largest absolute Gasteiger partial charge is 0.382 e. The predicted octanol–water partition coefficient (Wildman–Crippen LogP) is 1.71. The number of fused-ring (bicyclic) bond motifs is 1. The van der Waals surface area contributed by atoms with Crippen LogP contribution in [-0.4, -0.2) is 56.7 Å². The fourth-order valence-corrected chi connectivity index (χ4v) is 4.41. The topological polar surface area (TPSA) is 155 Å². The van der Waals surface area contributed by atoms with E-state index >= 15 is 0 Å². The predicted molar refractivity (Wildman–Crippen MR) is 133 cm³/mol. The maximum absolute atomic E-state index is 13.7. The second kappa shape index (κ2) is 9.32. The van der Waals surface area contributed by atoms with E-state index in [4.69, 9.17) is 28.1 Å². The van der Waals surface area contributed by atoms with Crippen molar-refractivity contribution in [2.45, 2.75) is 32.9 Å². The van der Waals surface area contributed by atoms with Gasteiger partial charge in [-0.05, 0) is 32.9 Å². The van der Waals surface area contributed by atoms with Gasteiger partial charge in [-0.15, -0.1) is 0 Å². The number of piperazine rings is 1. The molecule has 34 heavy (non-hydrogen) atoms. The Kier molecular flexibility index (Phi) is 6.45. The number of nitriles is 1. The van der Waals surface area contributed by atoms with Crippen molar-refractivity contribution in [3.63, 3.8) is 0 Å². The average Bonchev–Trinajstić information content (AvgIpc) is 2.78. The third kappa shape index (κ3) is 4.30. The molecule has 3 heterocycles. The van der Waals surface area contributed by atoms with E-state index in [1.165, 1.54) is 0 Å². The molecule has 1 saturated heterocycles. The highest BCUT2D eigenvalue weighted by Crippen LogP contribution is 2.25. The fourth-order valence-electron chi connectivity index (χ4n) is 4.16. The van der Waals surface area contributed by atoms with Crippen LogP contribution in [0.3, 0.4) is 0 Å². The van der Waals surface area contributed by atoms with Crippen LogP contribution in [0, 0.1) is 11.3 Å². The van der Waals surface area contributed by atoms with Crippen molar-refractivity contribution >= 4 is 40.1 Å². The molecule has 0 radical (unpaired) electrons. The first-order chi connectivity index (χ1) is 16.2. The van der Waals surface area contributed by atoms with Gasteiger partial charge in [0.25, 0.3) is 5.56 Å². The van der Waals surface area contributed by atoms with Gasteiger partial charge in [0, 0.05) is 32.2 Å². The lowest BCUT2D eigenvalue weighted by atomic mass is 10.2. The summed E-state index contributed by atoms with van der Waals surface area (Å²) < 4.78 is 1.59. The number of anilines is 3. The van der Waals surface area contributed by atoms with Crippen molar-refractivity contribution in [1.29, 1.82) is 5.26 Å². The Morgan fingerprint density at radius 2 is 1.82 bits per heavy atom. The summed E-state index contributed by atoms with van der Waals surface area (Å²) in [5.41, 5.74) is 11.9. The minimum Gasteiger partial charge on any atom is -0.382 e. The monoisotopic (exact) mass is 482 g/mol. The molecule has 4 rings (SSSR count). The average molecular weight is 483 g/mol. The Morgan fingerprint density at radius 3 is 2.47 bits per heavy atom. The molecular weight excluding hydrogens is 456 g/mol. The van der Waals surface area contributed by atoms with E-state index in [0.29, 0.717) is 40.9 Å². The van der Waals surface area contributed by atoms with Crippen LogP contribution in [0.2, 0.25) is 5.02 Å². The zero-order valence-corrected chi connectivity index (χ0v) is 20.0. The lowest BCUT2D eigenvalue weighted by molar-refractivity contribution is 0.194. The van der Waals surface area contributed by atoms with Crippen LogP contribution in [0.25, 0.3) is 10.9 Å². The van der Waals surface area contributed by atoms with E-state index in [9.17, 15) is 10.1 Å². The number of nitrogens with one attached hydrogen (secondary N) is 1. The van der Waals surface area contributed by atoms with Gasteiger partial charge in [0.15, 0.2) is 11.6 Å². The van der Waals surface area contributed by atoms with Gasteiger partial charge in [0.05, 0.1) is 22.0 Å². The van der Waals surface area contributed by atoms with E-state index in [1.807, 2.05) is 18.0 Å². The van der Waals surface area contributed by atoms with Crippen molar-refractivity contribution in [2.24, 2.45) is 0 Å². The summed E-state index contributed by atoms with van der Waals surface area (Å²) >= 11 is 6.40. The number of hydrogen-bond donors (Lipinski definition) is 3. The van der Waals surface area contributed by atoms with Gasteiger partial charge >= 0.3 is 0 Å². The molecule has 0 aliphatic carbocycles. The second-order valence-corrected chi connectivity index (χ2v) is 8.88. The highest BCUT2D eigenvalue weighted by atomic mass is 35.5. The van der Waals surface area contributed by atoms with Crippen LogP contribution >= 0.6 is 11.6 Å². The first kappa shape index (κ1) is 23.5. The van der Waals surface area contributed by atoms with Gasteiger partial charge in [-0.25, -0.2) is 9.66 Å². The number of hydrogen-bond acceptors (Lipinski definition) is 10. The maximum Gasteiger partial charge on any atom is 0.281 e. The fraction of sp³-hybridized carbons (Fsp3) is 0.409. The van der Waals surface area contributed by atoms with Crippen LogP contribution in [-0.2, 0) is 0 Å². The van der Waals surface area contributed by atoms with Crippen LogP contribution in [0.4, 0.5) is 17.6 Å². The first-order valence-corrected chi connectivity index (χ1v) is 11.4. The lowest BCUT2D eigenvalue weighted by Gasteiger charge is -2.39. The highest BCUT2D eigenvalue weighted by Gasteiger charge is 2.26. The Balaban J connectivity index is 1.81. The molecule has 12 heteroatoms. The van der Waals surface area contributed by atoms with Crippen molar-refractivity contribution in [3.8, 4) is 6.07 Å². The number of rotatable bonds is 5. The van der Waals surface area contributed by atoms with Gasteiger partial charge in [0.1, 0.15) is 17.5 Å². The number of aromatic nitrogens is 4. The summed E-state index contributed by atoms with van der Waals surface area (Å²) in [4.78, 5) is 28.8. The Hall–Kier alpha value is -3.62. The van der Waals surface area contributed by atoms with Crippen molar-refractivity contribution in [3.05, 3.63) is 45.0 Å². The number of nitrogens with zero attached hydrogens (tertiary/aromatic N) is 7. The Labute approximate surface area is 201 Å². The Bertz CT molecular complexity index is 1320.